The summed E-state index contributed by atoms with van der Waals surface area (Å²) in [5, 5.41) is 0. The second-order valence-corrected chi connectivity index (χ2v) is 3.12. The molecular formula is C9H15N. The van der Waals surface area contributed by atoms with Crippen LogP contribution < -0.4 is 5.73 Å². The fraction of sp³-hybridized carbons (Fsp3) is 0.556. The highest BCUT2D eigenvalue weighted by atomic mass is 14.6. The Balaban J connectivity index is 2.53. The molecule has 1 nitrogen and oxygen atoms in total. The first-order valence-corrected chi connectivity index (χ1v) is 3.82. The zero-order valence-corrected chi connectivity index (χ0v) is 6.51. The molecule has 0 heterocycles. The fourth-order valence-electron chi connectivity index (χ4n) is 1.27. The van der Waals surface area contributed by atoms with Crippen LogP contribution in [0.25, 0.3) is 0 Å². The highest BCUT2D eigenvalue weighted by Gasteiger charge is 2.12. The monoisotopic (exact) mass is 137 g/mol. The minimum atomic E-state index is 0.441. The Morgan fingerprint density at radius 1 is 1.50 bits per heavy atom. The van der Waals surface area contributed by atoms with Crippen LogP contribution >= 0.6 is 0 Å². The van der Waals surface area contributed by atoms with Crippen LogP contribution in [0.5, 0.6) is 0 Å². The molecule has 0 fully saturated rings. The maximum absolute atomic E-state index is 5.57. The highest BCUT2D eigenvalue weighted by molar-refractivity contribution is 5.09. The minimum absolute atomic E-state index is 0.441. The first-order chi connectivity index (χ1) is 4.70. The van der Waals surface area contributed by atoms with Gasteiger partial charge in [0.15, 0.2) is 0 Å². The third-order valence-corrected chi connectivity index (χ3v) is 2.08. The number of allylic oxidation sites excluding steroid dienone is 2. The van der Waals surface area contributed by atoms with Crippen molar-refractivity contribution in [2.75, 3.05) is 0 Å². The van der Waals surface area contributed by atoms with Crippen molar-refractivity contribution in [1.82, 2.24) is 0 Å². The van der Waals surface area contributed by atoms with Crippen LogP contribution in [0.3, 0.4) is 0 Å². The van der Waals surface area contributed by atoms with Crippen molar-refractivity contribution in [3.8, 4) is 0 Å². The number of rotatable bonds is 1. The van der Waals surface area contributed by atoms with Crippen LogP contribution in [0.4, 0.5) is 0 Å². The molecular weight excluding hydrogens is 122 g/mol. The Morgan fingerprint density at radius 3 is 2.60 bits per heavy atom. The molecule has 2 N–H and O–H groups in total. The van der Waals surface area contributed by atoms with Crippen LogP contribution in [0, 0.1) is 11.8 Å². The Hall–Kier alpha value is -0.720. The van der Waals surface area contributed by atoms with Gasteiger partial charge in [0.1, 0.15) is 0 Å². The molecule has 1 aliphatic rings. The largest absolute Gasteiger partial charge is 0.402 e. The zero-order valence-electron chi connectivity index (χ0n) is 6.51. The van der Waals surface area contributed by atoms with Crippen molar-refractivity contribution < 1.29 is 0 Å². The van der Waals surface area contributed by atoms with Gasteiger partial charge < -0.3 is 5.73 Å². The van der Waals surface area contributed by atoms with Crippen LogP contribution in [0.15, 0.2) is 24.4 Å². The third kappa shape index (κ3) is 1.63. The zero-order chi connectivity index (χ0) is 7.56. The van der Waals surface area contributed by atoms with E-state index in [-0.39, 0.29) is 0 Å². The second-order valence-electron chi connectivity index (χ2n) is 3.12. The topological polar surface area (TPSA) is 26.0 Å². The lowest BCUT2D eigenvalue weighted by molar-refractivity contribution is 0.514. The van der Waals surface area contributed by atoms with Crippen LogP contribution in [-0.4, -0.2) is 0 Å². The van der Waals surface area contributed by atoms with Crippen molar-refractivity contribution >= 4 is 0 Å². The molecule has 2 unspecified atom stereocenters. The molecule has 0 spiro atoms. The van der Waals surface area contributed by atoms with E-state index in [4.69, 9.17) is 5.73 Å². The third-order valence-electron chi connectivity index (χ3n) is 2.08. The first-order valence-electron chi connectivity index (χ1n) is 3.82. The summed E-state index contributed by atoms with van der Waals surface area (Å²) in [7, 11) is 0. The van der Waals surface area contributed by atoms with Gasteiger partial charge in [-0.1, -0.05) is 25.7 Å². The van der Waals surface area contributed by atoms with Gasteiger partial charge in [0, 0.05) is 11.6 Å². The summed E-state index contributed by atoms with van der Waals surface area (Å²) in [5.41, 5.74) is 6.38. The Labute approximate surface area is 62.6 Å². The van der Waals surface area contributed by atoms with Crippen LogP contribution in [0.2, 0.25) is 0 Å². The van der Waals surface area contributed by atoms with Gasteiger partial charge in [0.25, 0.3) is 0 Å². The quantitative estimate of drug-likeness (QED) is 0.550. The molecule has 0 aromatic carbocycles. The van der Waals surface area contributed by atoms with Gasteiger partial charge in [0.05, 0.1) is 0 Å². The summed E-state index contributed by atoms with van der Waals surface area (Å²) in [6.45, 7) is 5.96. The van der Waals surface area contributed by atoms with Gasteiger partial charge in [-0.25, -0.2) is 0 Å². The van der Waals surface area contributed by atoms with Gasteiger partial charge in [-0.2, -0.15) is 0 Å². The predicted octanol–water partition coefficient (Wildman–Crippen LogP) is 2.06. The maximum atomic E-state index is 5.57. The Kier molecular flexibility index (Phi) is 2.15. The summed E-state index contributed by atoms with van der Waals surface area (Å²) in [6, 6.07) is 0. The molecule has 0 amide bonds. The summed E-state index contributed by atoms with van der Waals surface area (Å²) in [5.74, 6) is 1.17. The molecule has 56 valence electrons. The Bertz CT molecular complexity index is 158. The lowest BCUT2D eigenvalue weighted by Crippen LogP contribution is -2.13. The average Bonchev–Trinajstić information content (AvgIpc) is 1.88. The SMILES string of the molecule is C=C(N)C1C=CC(C)CC1. The molecule has 0 aromatic rings. The summed E-state index contributed by atoms with van der Waals surface area (Å²) < 4.78 is 0. The molecule has 1 heteroatoms. The molecule has 0 aromatic heterocycles. The molecule has 0 saturated carbocycles. The lowest BCUT2D eigenvalue weighted by Gasteiger charge is -2.19. The normalized spacial score (nSPS) is 32.1. The van der Waals surface area contributed by atoms with Crippen molar-refractivity contribution in [2.45, 2.75) is 19.8 Å². The van der Waals surface area contributed by atoms with E-state index in [1.165, 1.54) is 12.8 Å². The molecule has 0 radical (unpaired) electrons. The van der Waals surface area contributed by atoms with Crippen molar-refractivity contribution in [1.29, 1.82) is 0 Å². The van der Waals surface area contributed by atoms with E-state index >= 15 is 0 Å². The van der Waals surface area contributed by atoms with Crippen LogP contribution in [0.1, 0.15) is 19.8 Å². The molecule has 0 bridgehead atoms. The standard InChI is InChI=1S/C9H15N/c1-7-3-5-9(6-4-7)8(2)10/h3,5,7,9H,2,4,6,10H2,1H3. The fourth-order valence-corrected chi connectivity index (χ4v) is 1.27. The second kappa shape index (κ2) is 2.91. The molecule has 0 saturated heterocycles. The minimum Gasteiger partial charge on any atom is -0.402 e. The molecule has 1 aliphatic carbocycles. The Morgan fingerprint density at radius 2 is 2.20 bits per heavy atom. The van der Waals surface area contributed by atoms with E-state index in [0.717, 1.165) is 11.6 Å². The van der Waals surface area contributed by atoms with E-state index in [1.54, 1.807) is 0 Å². The van der Waals surface area contributed by atoms with Crippen molar-refractivity contribution in [3.63, 3.8) is 0 Å². The number of hydrogen-bond acceptors (Lipinski definition) is 1. The van der Waals surface area contributed by atoms with Gasteiger partial charge >= 0.3 is 0 Å². The number of nitrogens with two attached hydrogens (primary N) is 1. The lowest BCUT2D eigenvalue weighted by atomic mass is 9.88. The van der Waals surface area contributed by atoms with Crippen molar-refractivity contribution in [3.05, 3.63) is 24.4 Å². The summed E-state index contributed by atoms with van der Waals surface area (Å²) in [6.07, 6.45) is 6.83. The van der Waals surface area contributed by atoms with E-state index in [2.05, 4.69) is 25.7 Å². The van der Waals surface area contributed by atoms with Crippen molar-refractivity contribution in [2.24, 2.45) is 17.6 Å². The summed E-state index contributed by atoms with van der Waals surface area (Å²) in [4.78, 5) is 0. The summed E-state index contributed by atoms with van der Waals surface area (Å²) >= 11 is 0. The average molecular weight is 137 g/mol. The van der Waals surface area contributed by atoms with E-state index in [9.17, 15) is 0 Å². The van der Waals surface area contributed by atoms with Gasteiger partial charge in [-0.15, -0.1) is 0 Å². The van der Waals surface area contributed by atoms with Gasteiger partial charge in [-0.3, -0.25) is 0 Å². The van der Waals surface area contributed by atoms with Crippen LogP contribution in [-0.2, 0) is 0 Å². The molecule has 1 rings (SSSR count). The maximum Gasteiger partial charge on any atom is 0.0158 e. The molecule has 10 heavy (non-hydrogen) atoms. The predicted molar refractivity (Wildman–Crippen MR) is 44.4 cm³/mol. The van der Waals surface area contributed by atoms with E-state index < -0.39 is 0 Å². The first kappa shape index (κ1) is 7.39. The molecule has 2 atom stereocenters. The smallest absolute Gasteiger partial charge is 0.0158 e. The highest BCUT2D eigenvalue weighted by Crippen LogP contribution is 2.23. The molecule has 0 aliphatic heterocycles. The van der Waals surface area contributed by atoms with E-state index in [1.807, 2.05) is 0 Å². The van der Waals surface area contributed by atoms with Gasteiger partial charge in [0.2, 0.25) is 0 Å². The number of hydrogen-bond donors (Lipinski definition) is 1. The van der Waals surface area contributed by atoms with E-state index in [0.29, 0.717) is 5.92 Å². The van der Waals surface area contributed by atoms with Gasteiger partial charge in [-0.05, 0) is 18.8 Å².